The van der Waals surface area contributed by atoms with Crippen molar-refractivity contribution in [2.45, 2.75) is 59.0 Å². The number of rotatable bonds is 9. The largest absolute Gasteiger partial charge is 0.463 e. The predicted molar refractivity (Wildman–Crippen MR) is 90.1 cm³/mol. The SMILES string of the molecule is CCC(C)CC(CCOC(=O)C(C)OC(C)=O)c1ccccc1. The topological polar surface area (TPSA) is 52.6 Å². The van der Waals surface area contributed by atoms with E-state index in [1.54, 1.807) is 0 Å². The minimum absolute atomic E-state index is 0.334. The van der Waals surface area contributed by atoms with Gasteiger partial charge in [-0.1, -0.05) is 50.6 Å². The number of hydrogen-bond donors (Lipinski definition) is 0. The molecule has 0 fully saturated rings. The van der Waals surface area contributed by atoms with Gasteiger partial charge in [-0.3, -0.25) is 4.79 Å². The first-order valence-electron chi connectivity index (χ1n) is 8.32. The van der Waals surface area contributed by atoms with E-state index in [-0.39, 0.29) is 0 Å². The Morgan fingerprint density at radius 3 is 2.35 bits per heavy atom. The highest BCUT2D eigenvalue weighted by molar-refractivity contribution is 5.78. The van der Waals surface area contributed by atoms with Crippen LogP contribution in [0.4, 0.5) is 0 Å². The molecule has 0 aliphatic carbocycles. The molecule has 4 nitrogen and oxygen atoms in total. The van der Waals surface area contributed by atoms with Gasteiger partial charge in [0.1, 0.15) is 0 Å². The summed E-state index contributed by atoms with van der Waals surface area (Å²) in [5.74, 6) is 0.0165. The van der Waals surface area contributed by atoms with Crippen molar-refractivity contribution < 1.29 is 19.1 Å². The van der Waals surface area contributed by atoms with E-state index in [2.05, 4.69) is 26.0 Å². The first-order chi connectivity index (χ1) is 10.9. The molecule has 0 bridgehead atoms. The van der Waals surface area contributed by atoms with Crippen molar-refractivity contribution in [2.75, 3.05) is 6.61 Å². The van der Waals surface area contributed by atoms with E-state index >= 15 is 0 Å². The molecule has 0 radical (unpaired) electrons. The highest BCUT2D eigenvalue weighted by Crippen LogP contribution is 2.28. The molecule has 0 amide bonds. The van der Waals surface area contributed by atoms with Gasteiger partial charge in [-0.25, -0.2) is 4.79 Å². The molecular formula is C19H28O4. The molecule has 4 heteroatoms. The monoisotopic (exact) mass is 320 g/mol. The van der Waals surface area contributed by atoms with Crippen LogP contribution in [0.15, 0.2) is 30.3 Å². The summed E-state index contributed by atoms with van der Waals surface area (Å²) < 4.78 is 10.1. The van der Waals surface area contributed by atoms with E-state index in [1.807, 2.05) is 18.2 Å². The van der Waals surface area contributed by atoms with Crippen molar-refractivity contribution in [2.24, 2.45) is 5.92 Å². The maximum Gasteiger partial charge on any atom is 0.347 e. The first kappa shape index (κ1) is 19.2. The number of esters is 2. The summed E-state index contributed by atoms with van der Waals surface area (Å²) in [5.41, 5.74) is 1.27. The highest BCUT2D eigenvalue weighted by Gasteiger charge is 2.19. The second-order valence-electron chi connectivity index (χ2n) is 6.06. The lowest BCUT2D eigenvalue weighted by molar-refractivity contribution is -0.165. The molecule has 1 rings (SSSR count). The number of benzene rings is 1. The van der Waals surface area contributed by atoms with Crippen molar-refractivity contribution in [1.82, 2.24) is 0 Å². The van der Waals surface area contributed by atoms with Crippen LogP contribution in [0.2, 0.25) is 0 Å². The zero-order chi connectivity index (χ0) is 17.2. The maximum absolute atomic E-state index is 11.8. The molecule has 3 unspecified atom stereocenters. The lowest BCUT2D eigenvalue weighted by atomic mass is 9.86. The average molecular weight is 320 g/mol. The fourth-order valence-electron chi connectivity index (χ4n) is 2.51. The third-order valence-corrected chi connectivity index (χ3v) is 4.04. The molecule has 0 spiro atoms. The molecular weight excluding hydrogens is 292 g/mol. The molecule has 23 heavy (non-hydrogen) atoms. The fourth-order valence-corrected chi connectivity index (χ4v) is 2.51. The zero-order valence-corrected chi connectivity index (χ0v) is 14.6. The van der Waals surface area contributed by atoms with Crippen LogP contribution >= 0.6 is 0 Å². The molecule has 0 aliphatic rings. The molecule has 3 atom stereocenters. The van der Waals surface area contributed by atoms with Crippen molar-refractivity contribution in [3.63, 3.8) is 0 Å². The fraction of sp³-hybridized carbons (Fsp3) is 0.579. The third kappa shape index (κ3) is 7.31. The Morgan fingerprint density at radius 1 is 1.13 bits per heavy atom. The van der Waals surface area contributed by atoms with Gasteiger partial charge in [-0.15, -0.1) is 0 Å². The van der Waals surface area contributed by atoms with Gasteiger partial charge in [0, 0.05) is 6.92 Å². The van der Waals surface area contributed by atoms with Crippen LogP contribution in [0, 0.1) is 5.92 Å². The lowest BCUT2D eigenvalue weighted by Gasteiger charge is -2.21. The molecule has 0 aromatic heterocycles. The van der Waals surface area contributed by atoms with E-state index in [0.29, 0.717) is 18.4 Å². The van der Waals surface area contributed by atoms with Crippen LogP contribution in [0.3, 0.4) is 0 Å². The number of ether oxygens (including phenoxy) is 2. The van der Waals surface area contributed by atoms with Crippen LogP contribution in [0.5, 0.6) is 0 Å². The smallest absolute Gasteiger partial charge is 0.347 e. The van der Waals surface area contributed by atoms with E-state index < -0.39 is 18.0 Å². The number of carbonyl (C=O) groups excluding carboxylic acids is 2. The zero-order valence-electron chi connectivity index (χ0n) is 14.6. The Bertz CT molecular complexity index is 483. The second-order valence-corrected chi connectivity index (χ2v) is 6.06. The summed E-state index contributed by atoms with van der Waals surface area (Å²) in [6.07, 6.45) is 2.12. The van der Waals surface area contributed by atoms with Gasteiger partial charge in [0.25, 0.3) is 0 Å². The van der Waals surface area contributed by atoms with Crippen molar-refractivity contribution in [3.05, 3.63) is 35.9 Å². The first-order valence-corrected chi connectivity index (χ1v) is 8.32. The van der Waals surface area contributed by atoms with Gasteiger partial charge in [0.05, 0.1) is 6.61 Å². The summed E-state index contributed by atoms with van der Waals surface area (Å²) in [4.78, 5) is 22.6. The molecule has 128 valence electrons. The van der Waals surface area contributed by atoms with Crippen LogP contribution in [0.1, 0.15) is 58.4 Å². The van der Waals surface area contributed by atoms with Gasteiger partial charge < -0.3 is 9.47 Å². The van der Waals surface area contributed by atoms with Gasteiger partial charge in [0.2, 0.25) is 0 Å². The summed E-state index contributed by atoms with van der Waals surface area (Å²) >= 11 is 0. The van der Waals surface area contributed by atoms with Gasteiger partial charge in [-0.2, -0.15) is 0 Å². The average Bonchev–Trinajstić information content (AvgIpc) is 2.53. The molecule has 0 saturated carbocycles. The van der Waals surface area contributed by atoms with Gasteiger partial charge in [0.15, 0.2) is 6.10 Å². The quantitative estimate of drug-likeness (QED) is 0.643. The Morgan fingerprint density at radius 2 is 1.78 bits per heavy atom. The van der Waals surface area contributed by atoms with Crippen LogP contribution in [0.25, 0.3) is 0 Å². The van der Waals surface area contributed by atoms with Crippen LogP contribution < -0.4 is 0 Å². The second kappa shape index (κ2) is 10.0. The minimum Gasteiger partial charge on any atom is -0.463 e. The predicted octanol–water partition coefficient (Wildman–Crippen LogP) is 4.09. The molecule has 0 saturated heterocycles. The van der Waals surface area contributed by atoms with Crippen molar-refractivity contribution in [3.8, 4) is 0 Å². The summed E-state index contributed by atoms with van der Waals surface area (Å²) in [7, 11) is 0. The number of hydrogen-bond acceptors (Lipinski definition) is 4. The molecule has 1 aromatic carbocycles. The minimum atomic E-state index is -0.850. The molecule has 0 aliphatic heterocycles. The summed E-state index contributed by atoms with van der Waals surface area (Å²) in [6, 6.07) is 10.3. The molecule has 0 N–H and O–H groups in total. The third-order valence-electron chi connectivity index (χ3n) is 4.04. The lowest BCUT2D eigenvalue weighted by Crippen LogP contribution is -2.26. The van der Waals surface area contributed by atoms with Gasteiger partial charge >= 0.3 is 11.9 Å². The Kier molecular flexibility index (Phi) is 8.38. The van der Waals surface area contributed by atoms with E-state index in [4.69, 9.17) is 9.47 Å². The van der Waals surface area contributed by atoms with Crippen molar-refractivity contribution >= 4 is 11.9 Å². The Balaban J connectivity index is 2.54. The Hall–Kier alpha value is -1.84. The van der Waals surface area contributed by atoms with E-state index in [9.17, 15) is 9.59 Å². The number of carbonyl (C=O) groups is 2. The highest BCUT2D eigenvalue weighted by atomic mass is 16.6. The van der Waals surface area contributed by atoms with Crippen LogP contribution in [-0.4, -0.2) is 24.6 Å². The molecule has 1 aromatic rings. The summed E-state index contributed by atoms with van der Waals surface area (Å²) in [6.45, 7) is 7.57. The molecule has 0 heterocycles. The van der Waals surface area contributed by atoms with E-state index in [0.717, 1.165) is 19.3 Å². The van der Waals surface area contributed by atoms with Gasteiger partial charge in [-0.05, 0) is 37.2 Å². The standard InChI is InChI=1S/C19H28O4/c1-5-14(2)13-18(17-9-7-6-8-10-17)11-12-22-19(21)15(3)23-16(4)20/h6-10,14-15,18H,5,11-13H2,1-4H3. The maximum atomic E-state index is 11.8. The van der Waals surface area contributed by atoms with Crippen LogP contribution in [-0.2, 0) is 19.1 Å². The summed E-state index contributed by atoms with van der Waals surface area (Å²) in [5, 5.41) is 0. The normalized spacial score (nSPS) is 14.6. The van der Waals surface area contributed by atoms with E-state index in [1.165, 1.54) is 19.4 Å². The Labute approximate surface area is 139 Å². The van der Waals surface area contributed by atoms with Crippen molar-refractivity contribution in [1.29, 1.82) is 0 Å².